The van der Waals surface area contributed by atoms with E-state index in [0.29, 0.717) is 5.92 Å². The first-order valence-corrected chi connectivity index (χ1v) is 9.50. The van der Waals surface area contributed by atoms with Crippen LogP contribution < -0.4 is 4.74 Å². The number of benzene rings is 2. The minimum Gasteiger partial charge on any atom is -0.496 e. The summed E-state index contributed by atoms with van der Waals surface area (Å²) in [6.07, 6.45) is -0.921. The van der Waals surface area contributed by atoms with Gasteiger partial charge < -0.3 is 9.64 Å². The Labute approximate surface area is 159 Å². The van der Waals surface area contributed by atoms with Gasteiger partial charge in [-0.2, -0.15) is 13.2 Å². The highest BCUT2D eigenvalue weighted by Gasteiger charge is 2.30. The van der Waals surface area contributed by atoms with Gasteiger partial charge in [0.05, 0.1) is 12.7 Å². The maximum Gasteiger partial charge on any atom is 0.416 e. The van der Waals surface area contributed by atoms with Crippen LogP contribution in [0.15, 0.2) is 42.5 Å². The van der Waals surface area contributed by atoms with Crippen LogP contribution in [0.4, 0.5) is 13.2 Å². The Morgan fingerprint density at radius 3 is 2.41 bits per heavy atom. The summed E-state index contributed by atoms with van der Waals surface area (Å²) in [5.41, 5.74) is 2.23. The number of ether oxygens (including phenoxy) is 1. The Bertz CT molecular complexity index is 753. The molecule has 1 saturated heterocycles. The second-order valence-corrected chi connectivity index (χ2v) is 7.17. The summed E-state index contributed by atoms with van der Waals surface area (Å²) in [6.45, 7) is 5.42. The van der Waals surface area contributed by atoms with Crippen molar-refractivity contribution in [3.05, 3.63) is 53.6 Å². The minimum absolute atomic E-state index is 0.384. The van der Waals surface area contributed by atoms with Crippen LogP contribution in [0, 0.1) is 0 Å². The number of alkyl halides is 3. The molecule has 0 aromatic heterocycles. The van der Waals surface area contributed by atoms with Crippen LogP contribution >= 0.6 is 0 Å². The van der Waals surface area contributed by atoms with Gasteiger partial charge in [0.1, 0.15) is 5.75 Å². The van der Waals surface area contributed by atoms with Crippen molar-refractivity contribution in [3.8, 4) is 16.9 Å². The lowest BCUT2D eigenvalue weighted by atomic mass is 9.88. The second kappa shape index (κ2) is 8.34. The van der Waals surface area contributed by atoms with E-state index in [0.717, 1.165) is 73.5 Å². The van der Waals surface area contributed by atoms with Gasteiger partial charge in [-0.15, -0.1) is 0 Å². The van der Waals surface area contributed by atoms with Crippen molar-refractivity contribution in [2.24, 2.45) is 0 Å². The van der Waals surface area contributed by atoms with Crippen LogP contribution in [0.25, 0.3) is 11.1 Å². The topological polar surface area (TPSA) is 12.5 Å². The molecule has 0 radical (unpaired) electrons. The second-order valence-electron chi connectivity index (χ2n) is 7.17. The van der Waals surface area contributed by atoms with Crippen LogP contribution in [-0.4, -0.2) is 31.6 Å². The molecule has 0 spiro atoms. The summed E-state index contributed by atoms with van der Waals surface area (Å²) in [7, 11) is 1.67. The van der Waals surface area contributed by atoms with Gasteiger partial charge in [-0.05, 0) is 73.3 Å². The summed E-state index contributed by atoms with van der Waals surface area (Å²) in [6, 6.07) is 11.3. The molecule has 0 amide bonds. The van der Waals surface area contributed by atoms with Gasteiger partial charge >= 0.3 is 6.18 Å². The zero-order chi connectivity index (χ0) is 19.4. The van der Waals surface area contributed by atoms with Gasteiger partial charge in [0.25, 0.3) is 0 Å². The molecule has 1 aliphatic heterocycles. The molecule has 146 valence electrons. The van der Waals surface area contributed by atoms with Gasteiger partial charge in [0.2, 0.25) is 0 Å². The van der Waals surface area contributed by atoms with E-state index in [9.17, 15) is 13.2 Å². The van der Waals surface area contributed by atoms with Crippen molar-refractivity contribution < 1.29 is 17.9 Å². The molecular weight excluding hydrogens is 351 g/mol. The molecule has 2 nitrogen and oxygen atoms in total. The Morgan fingerprint density at radius 1 is 1.07 bits per heavy atom. The average molecular weight is 377 g/mol. The fraction of sp³-hybridized carbons (Fsp3) is 0.455. The van der Waals surface area contributed by atoms with Crippen molar-refractivity contribution in [3.63, 3.8) is 0 Å². The zero-order valence-electron chi connectivity index (χ0n) is 15.9. The van der Waals surface area contributed by atoms with Gasteiger partial charge in [0, 0.05) is 12.5 Å². The van der Waals surface area contributed by atoms with E-state index in [4.69, 9.17) is 4.74 Å². The summed E-state index contributed by atoms with van der Waals surface area (Å²) in [5, 5.41) is 0. The van der Waals surface area contributed by atoms with E-state index in [1.54, 1.807) is 19.2 Å². The van der Waals surface area contributed by atoms with Crippen LogP contribution in [0.3, 0.4) is 0 Å². The number of hydrogen-bond donors (Lipinski definition) is 0. The Hall–Kier alpha value is -2.01. The van der Waals surface area contributed by atoms with Gasteiger partial charge in [-0.25, -0.2) is 0 Å². The van der Waals surface area contributed by atoms with E-state index >= 15 is 0 Å². The first-order chi connectivity index (χ1) is 12.9. The van der Waals surface area contributed by atoms with Gasteiger partial charge in [0.15, 0.2) is 0 Å². The van der Waals surface area contributed by atoms with Crippen molar-refractivity contribution in [1.29, 1.82) is 0 Å². The molecule has 5 heteroatoms. The standard InChI is InChI=1S/C22H26F3NO/c1-3-12-26-13-4-5-18(15-26)20-14-17(8-11-21(20)27-2)16-6-9-19(10-7-16)22(23,24)25/h6-11,14,18H,3-5,12-13,15H2,1-2H3. The van der Waals surface area contributed by atoms with Gasteiger partial charge in [-0.1, -0.05) is 25.1 Å². The number of halogens is 3. The quantitative estimate of drug-likeness (QED) is 0.636. The fourth-order valence-electron chi connectivity index (χ4n) is 3.91. The fourth-order valence-corrected chi connectivity index (χ4v) is 3.91. The van der Waals surface area contributed by atoms with Crippen molar-refractivity contribution in [2.45, 2.75) is 38.3 Å². The van der Waals surface area contributed by atoms with Crippen molar-refractivity contribution >= 4 is 0 Å². The molecule has 0 bridgehead atoms. The number of hydrogen-bond acceptors (Lipinski definition) is 2. The SMILES string of the molecule is CCCN1CCCC(c2cc(-c3ccc(C(F)(F)F)cc3)ccc2OC)C1. The van der Waals surface area contributed by atoms with Crippen LogP contribution in [0.5, 0.6) is 5.75 Å². The molecule has 1 unspecified atom stereocenters. The number of methoxy groups -OCH3 is 1. The number of nitrogens with zero attached hydrogens (tertiary/aromatic N) is 1. The molecule has 1 heterocycles. The highest BCUT2D eigenvalue weighted by Crippen LogP contribution is 2.37. The Morgan fingerprint density at radius 2 is 1.78 bits per heavy atom. The monoisotopic (exact) mass is 377 g/mol. The van der Waals surface area contributed by atoms with E-state index in [2.05, 4.69) is 17.9 Å². The molecule has 2 aromatic carbocycles. The Kier molecular flexibility index (Phi) is 6.10. The molecule has 1 atom stereocenters. The van der Waals surface area contributed by atoms with Crippen LogP contribution in [0.1, 0.15) is 43.2 Å². The van der Waals surface area contributed by atoms with E-state index in [-0.39, 0.29) is 0 Å². The lowest BCUT2D eigenvalue weighted by molar-refractivity contribution is -0.137. The van der Waals surface area contributed by atoms with E-state index in [1.807, 2.05) is 12.1 Å². The number of likely N-dealkylation sites (tertiary alicyclic amines) is 1. The maximum atomic E-state index is 12.8. The predicted molar refractivity (Wildman–Crippen MR) is 102 cm³/mol. The van der Waals surface area contributed by atoms with E-state index in [1.165, 1.54) is 0 Å². The van der Waals surface area contributed by atoms with Crippen LogP contribution in [-0.2, 0) is 6.18 Å². The molecule has 0 N–H and O–H groups in total. The highest BCUT2D eigenvalue weighted by molar-refractivity contribution is 5.66. The smallest absolute Gasteiger partial charge is 0.416 e. The molecule has 1 fully saturated rings. The highest BCUT2D eigenvalue weighted by atomic mass is 19.4. The third-order valence-corrected chi connectivity index (χ3v) is 5.26. The predicted octanol–water partition coefficient (Wildman–Crippen LogP) is 5.97. The summed E-state index contributed by atoms with van der Waals surface area (Å²) >= 11 is 0. The molecule has 1 aliphatic rings. The lowest BCUT2D eigenvalue weighted by Crippen LogP contribution is -2.35. The summed E-state index contributed by atoms with van der Waals surface area (Å²) < 4.78 is 44.0. The Balaban J connectivity index is 1.89. The van der Waals surface area contributed by atoms with Crippen molar-refractivity contribution in [2.75, 3.05) is 26.7 Å². The molecule has 0 aliphatic carbocycles. The lowest BCUT2D eigenvalue weighted by Gasteiger charge is -2.33. The minimum atomic E-state index is -4.31. The van der Waals surface area contributed by atoms with E-state index < -0.39 is 11.7 Å². The summed E-state index contributed by atoms with van der Waals surface area (Å²) in [4.78, 5) is 2.48. The molecule has 2 aromatic rings. The third kappa shape index (κ3) is 4.64. The molecular formula is C22H26F3NO. The molecule has 0 saturated carbocycles. The first kappa shape index (κ1) is 19.7. The normalized spacial score (nSPS) is 18.5. The van der Waals surface area contributed by atoms with Crippen molar-refractivity contribution in [1.82, 2.24) is 4.90 Å². The maximum absolute atomic E-state index is 12.8. The average Bonchev–Trinajstić information content (AvgIpc) is 2.67. The molecule has 3 rings (SSSR count). The summed E-state index contributed by atoms with van der Waals surface area (Å²) in [5.74, 6) is 1.24. The zero-order valence-corrected chi connectivity index (χ0v) is 15.9. The third-order valence-electron chi connectivity index (χ3n) is 5.26. The largest absolute Gasteiger partial charge is 0.496 e. The number of rotatable bonds is 5. The van der Waals surface area contributed by atoms with Gasteiger partial charge in [-0.3, -0.25) is 0 Å². The number of piperidine rings is 1. The van der Waals surface area contributed by atoms with Crippen LogP contribution in [0.2, 0.25) is 0 Å². The first-order valence-electron chi connectivity index (χ1n) is 9.50. The molecule has 27 heavy (non-hydrogen) atoms.